The van der Waals surface area contributed by atoms with E-state index in [9.17, 15) is 13.2 Å². The lowest BCUT2D eigenvalue weighted by molar-refractivity contribution is -0.274. The summed E-state index contributed by atoms with van der Waals surface area (Å²) in [6, 6.07) is 11.5. The molecule has 2 aromatic carbocycles. The minimum Gasteiger partial charge on any atom is -0.406 e. The molecule has 1 fully saturated rings. The van der Waals surface area contributed by atoms with Crippen molar-refractivity contribution in [2.45, 2.75) is 58.4 Å². The molecular weight excluding hydrogens is 465 g/mol. The highest BCUT2D eigenvalue weighted by Gasteiger charge is 2.31. The summed E-state index contributed by atoms with van der Waals surface area (Å²) >= 11 is 6.32. The maximum absolute atomic E-state index is 12.7. The third-order valence-corrected chi connectivity index (χ3v) is 6.30. The van der Waals surface area contributed by atoms with Gasteiger partial charge >= 0.3 is 6.36 Å². The van der Waals surface area contributed by atoms with Gasteiger partial charge in [0.2, 0.25) is 5.95 Å². The average molecular weight is 491 g/mol. The van der Waals surface area contributed by atoms with Gasteiger partial charge in [-0.25, -0.2) is 4.98 Å². The maximum atomic E-state index is 12.7. The van der Waals surface area contributed by atoms with Crippen molar-refractivity contribution >= 4 is 29.1 Å². The molecule has 0 spiro atoms. The molecule has 5 nitrogen and oxygen atoms in total. The Morgan fingerprint density at radius 2 is 1.76 bits per heavy atom. The van der Waals surface area contributed by atoms with E-state index in [0.29, 0.717) is 28.0 Å². The largest absolute Gasteiger partial charge is 0.573 e. The van der Waals surface area contributed by atoms with Crippen LogP contribution in [-0.4, -0.2) is 22.4 Å². The number of hydrogen-bond acceptors (Lipinski definition) is 5. The molecule has 0 saturated heterocycles. The zero-order chi connectivity index (χ0) is 24.3. The van der Waals surface area contributed by atoms with Gasteiger partial charge in [0.15, 0.2) is 0 Å². The summed E-state index contributed by atoms with van der Waals surface area (Å²) in [5.74, 6) is 0.631. The van der Waals surface area contributed by atoms with Crippen molar-refractivity contribution in [1.29, 1.82) is 0 Å². The van der Waals surface area contributed by atoms with Gasteiger partial charge in [0.05, 0.1) is 5.69 Å². The van der Waals surface area contributed by atoms with Crippen LogP contribution in [0.4, 0.5) is 30.6 Å². The number of rotatable bonds is 6. The van der Waals surface area contributed by atoms with Crippen LogP contribution in [0.3, 0.4) is 0 Å². The number of nitrogens with one attached hydrogen (secondary N) is 2. The summed E-state index contributed by atoms with van der Waals surface area (Å²) in [4.78, 5) is 9.27. The van der Waals surface area contributed by atoms with Crippen LogP contribution < -0.4 is 15.4 Å². The summed E-state index contributed by atoms with van der Waals surface area (Å²) in [5.41, 5.74) is 3.66. The van der Waals surface area contributed by atoms with Crippen molar-refractivity contribution in [3.63, 3.8) is 0 Å². The lowest BCUT2D eigenvalue weighted by atomic mass is 9.96. The molecule has 0 aliphatic heterocycles. The van der Waals surface area contributed by atoms with Crippen molar-refractivity contribution in [1.82, 2.24) is 9.97 Å². The second kappa shape index (κ2) is 10.1. The van der Waals surface area contributed by atoms with Gasteiger partial charge in [0, 0.05) is 28.4 Å². The van der Waals surface area contributed by atoms with Crippen LogP contribution in [0, 0.1) is 13.8 Å². The number of hydrogen-bond donors (Lipinski definition) is 2. The van der Waals surface area contributed by atoms with Gasteiger partial charge in [-0.2, -0.15) is 4.98 Å². The van der Waals surface area contributed by atoms with Crippen LogP contribution in [0.2, 0.25) is 5.02 Å². The average Bonchev–Trinajstić information content (AvgIpc) is 2.79. The molecule has 1 saturated carbocycles. The normalized spacial score (nSPS) is 14.6. The highest BCUT2D eigenvalue weighted by molar-refractivity contribution is 6.31. The van der Waals surface area contributed by atoms with E-state index in [-0.39, 0.29) is 11.8 Å². The number of ether oxygens (including phenoxy) is 1. The maximum Gasteiger partial charge on any atom is 0.573 e. The number of anilines is 3. The molecule has 180 valence electrons. The molecule has 0 unspecified atom stereocenters. The van der Waals surface area contributed by atoms with Gasteiger partial charge in [-0.15, -0.1) is 13.2 Å². The van der Waals surface area contributed by atoms with E-state index >= 15 is 0 Å². The highest BCUT2D eigenvalue weighted by atomic mass is 35.5. The Morgan fingerprint density at radius 3 is 2.50 bits per heavy atom. The number of alkyl halides is 3. The zero-order valence-corrected chi connectivity index (χ0v) is 19.7. The van der Waals surface area contributed by atoms with E-state index in [2.05, 4.69) is 25.3 Å². The van der Waals surface area contributed by atoms with Crippen molar-refractivity contribution in [3.05, 3.63) is 58.6 Å². The van der Waals surface area contributed by atoms with Crippen LogP contribution in [-0.2, 0) is 0 Å². The van der Waals surface area contributed by atoms with E-state index in [4.69, 9.17) is 11.6 Å². The third-order valence-electron chi connectivity index (χ3n) is 5.89. The van der Waals surface area contributed by atoms with Crippen LogP contribution >= 0.6 is 11.6 Å². The molecule has 1 aliphatic rings. The summed E-state index contributed by atoms with van der Waals surface area (Å²) in [6.07, 6.45) is 0.771. The fourth-order valence-electron chi connectivity index (χ4n) is 4.15. The summed E-state index contributed by atoms with van der Waals surface area (Å²) < 4.78 is 42.3. The molecule has 0 bridgehead atoms. The van der Waals surface area contributed by atoms with Crippen LogP contribution in [0.25, 0.3) is 11.3 Å². The van der Waals surface area contributed by atoms with Crippen molar-refractivity contribution in [2.75, 3.05) is 10.6 Å². The quantitative estimate of drug-likeness (QED) is 0.369. The number of benzene rings is 2. The Hall–Kier alpha value is -3.00. The number of nitrogens with zero attached hydrogens (tertiary/aromatic N) is 2. The van der Waals surface area contributed by atoms with Gasteiger partial charge in [-0.05, 0) is 56.0 Å². The first-order valence-electron chi connectivity index (χ1n) is 11.2. The smallest absolute Gasteiger partial charge is 0.406 e. The second-order valence-electron chi connectivity index (χ2n) is 8.51. The van der Waals surface area contributed by atoms with Gasteiger partial charge in [-0.3, -0.25) is 0 Å². The first-order chi connectivity index (χ1) is 16.2. The van der Waals surface area contributed by atoms with Crippen LogP contribution in [0.15, 0.2) is 42.5 Å². The van der Waals surface area contributed by atoms with E-state index in [0.717, 1.165) is 42.5 Å². The van der Waals surface area contributed by atoms with Gasteiger partial charge in [0.25, 0.3) is 0 Å². The van der Waals surface area contributed by atoms with Crippen molar-refractivity contribution < 1.29 is 17.9 Å². The SMILES string of the molecule is Cc1ccc(Cl)c(C)c1Nc1cc(-c2cccc(OC(F)(F)F)c2)nc(NC2CCCCC2)n1. The van der Waals surface area contributed by atoms with Gasteiger partial charge < -0.3 is 15.4 Å². The van der Waals surface area contributed by atoms with E-state index in [1.165, 1.54) is 24.6 Å². The molecule has 1 aromatic heterocycles. The summed E-state index contributed by atoms with van der Waals surface area (Å²) in [5, 5.41) is 7.37. The monoisotopic (exact) mass is 490 g/mol. The Bertz CT molecular complexity index is 1160. The Balaban J connectivity index is 1.72. The summed E-state index contributed by atoms with van der Waals surface area (Å²) in [6.45, 7) is 3.88. The molecule has 2 N–H and O–H groups in total. The molecule has 0 amide bonds. The van der Waals surface area contributed by atoms with E-state index in [1.807, 2.05) is 26.0 Å². The minimum atomic E-state index is -4.77. The molecule has 0 atom stereocenters. The van der Waals surface area contributed by atoms with Crippen LogP contribution in [0.1, 0.15) is 43.2 Å². The highest BCUT2D eigenvalue weighted by Crippen LogP contribution is 2.33. The molecule has 0 radical (unpaired) electrons. The standard InChI is InChI=1S/C25H26ClF3N4O/c1-15-11-12-20(26)16(2)23(15)32-22-14-21(17-7-6-10-19(13-17)34-25(27,28)29)31-24(33-22)30-18-8-4-3-5-9-18/h6-7,10-14,18H,3-5,8-9H2,1-2H3,(H2,30,31,32,33). The Kier molecular flexibility index (Phi) is 7.16. The topological polar surface area (TPSA) is 59.1 Å². The summed E-state index contributed by atoms with van der Waals surface area (Å²) in [7, 11) is 0. The number of halogens is 4. The number of aromatic nitrogens is 2. The van der Waals surface area contributed by atoms with E-state index < -0.39 is 6.36 Å². The zero-order valence-electron chi connectivity index (χ0n) is 19.0. The third kappa shape index (κ3) is 6.11. The molecular formula is C25H26ClF3N4O. The Labute approximate surface area is 201 Å². The molecule has 9 heteroatoms. The van der Waals surface area contributed by atoms with Crippen molar-refractivity contribution in [2.24, 2.45) is 0 Å². The van der Waals surface area contributed by atoms with Crippen molar-refractivity contribution in [3.8, 4) is 17.0 Å². The Morgan fingerprint density at radius 1 is 1.00 bits per heavy atom. The lowest BCUT2D eigenvalue weighted by Gasteiger charge is -2.23. The first-order valence-corrected chi connectivity index (χ1v) is 11.6. The predicted molar refractivity (Wildman–Crippen MR) is 129 cm³/mol. The predicted octanol–water partition coefficient (Wildman–Crippen LogP) is 7.80. The fourth-order valence-corrected chi connectivity index (χ4v) is 4.31. The van der Waals surface area contributed by atoms with Gasteiger partial charge in [0.1, 0.15) is 11.6 Å². The van der Waals surface area contributed by atoms with Crippen LogP contribution in [0.5, 0.6) is 5.75 Å². The molecule has 34 heavy (non-hydrogen) atoms. The first kappa shape index (κ1) is 24.1. The molecule has 1 aliphatic carbocycles. The molecule has 1 heterocycles. The van der Waals surface area contributed by atoms with E-state index in [1.54, 1.807) is 12.1 Å². The lowest BCUT2D eigenvalue weighted by Crippen LogP contribution is -2.23. The molecule has 3 aromatic rings. The van der Waals surface area contributed by atoms with Gasteiger partial charge in [-0.1, -0.05) is 49.1 Å². The minimum absolute atomic E-state index is 0.256. The molecule has 4 rings (SSSR count). The number of aryl methyl sites for hydroxylation is 1. The fraction of sp³-hybridized carbons (Fsp3) is 0.360. The second-order valence-corrected chi connectivity index (χ2v) is 8.91.